The van der Waals surface area contributed by atoms with E-state index in [1.807, 2.05) is 32.2 Å². The van der Waals surface area contributed by atoms with Crippen LogP contribution in [0.15, 0.2) is 24.5 Å². The molecule has 128 valence electrons. The van der Waals surface area contributed by atoms with E-state index in [0.29, 0.717) is 0 Å². The first-order valence-corrected chi connectivity index (χ1v) is 8.18. The SMILES string of the molecule is Cc1ccc(NC(=O)N(C)C2CCC(N)CC2)cc1-n1cnnn1. The predicted octanol–water partition coefficient (Wildman–Crippen LogP) is 1.70. The van der Waals surface area contributed by atoms with E-state index in [9.17, 15) is 4.79 Å². The summed E-state index contributed by atoms with van der Waals surface area (Å²) in [6, 6.07) is 6.09. The lowest BCUT2D eigenvalue weighted by molar-refractivity contribution is 0.182. The molecule has 0 unspecified atom stereocenters. The summed E-state index contributed by atoms with van der Waals surface area (Å²) in [6.07, 6.45) is 5.38. The van der Waals surface area contributed by atoms with Crippen LogP contribution in [-0.2, 0) is 0 Å². The van der Waals surface area contributed by atoms with Crippen LogP contribution in [-0.4, -0.2) is 50.3 Å². The van der Waals surface area contributed by atoms with E-state index < -0.39 is 0 Å². The third kappa shape index (κ3) is 3.53. The molecule has 0 saturated heterocycles. The first-order valence-electron chi connectivity index (χ1n) is 8.18. The van der Waals surface area contributed by atoms with Crippen LogP contribution in [0.4, 0.5) is 10.5 Å². The molecular weight excluding hydrogens is 306 g/mol. The summed E-state index contributed by atoms with van der Waals surface area (Å²) >= 11 is 0. The number of rotatable bonds is 3. The Hall–Kier alpha value is -2.48. The van der Waals surface area contributed by atoms with Gasteiger partial charge in [-0.15, -0.1) is 5.10 Å². The fraction of sp³-hybridized carbons (Fsp3) is 0.500. The summed E-state index contributed by atoms with van der Waals surface area (Å²) in [7, 11) is 1.84. The molecule has 1 aliphatic carbocycles. The lowest BCUT2D eigenvalue weighted by Gasteiger charge is -2.33. The molecule has 3 rings (SSSR count). The van der Waals surface area contributed by atoms with E-state index >= 15 is 0 Å². The van der Waals surface area contributed by atoms with Crippen LogP contribution in [0.1, 0.15) is 31.2 Å². The lowest BCUT2D eigenvalue weighted by atomic mass is 9.91. The molecule has 8 heteroatoms. The van der Waals surface area contributed by atoms with Crippen molar-refractivity contribution in [1.29, 1.82) is 0 Å². The van der Waals surface area contributed by atoms with Crippen molar-refractivity contribution < 1.29 is 4.79 Å². The second kappa shape index (κ2) is 6.96. The largest absolute Gasteiger partial charge is 0.328 e. The first kappa shape index (κ1) is 16.4. The van der Waals surface area contributed by atoms with Gasteiger partial charge in [0, 0.05) is 24.8 Å². The molecule has 0 radical (unpaired) electrons. The van der Waals surface area contributed by atoms with Crippen molar-refractivity contribution in [3.63, 3.8) is 0 Å². The summed E-state index contributed by atoms with van der Waals surface area (Å²) in [5.74, 6) is 0. The van der Waals surface area contributed by atoms with Gasteiger partial charge in [0.2, 0.25) is 0 Å². The van der Waals surface area contributed by atoms with Crippen LogP contribution >= 0.6 is 0 Å². The molecule has 24 heavy (non-hydrogen) atoms. The highest BCUT2D eigenvalue weighted by molar-refractivity contribution is 5.89. The standard InChI is InChI=1S/C16H23N7O/c1-11-3-6-13(9-15(11)23-10-18-20-21-23)19-16(24)22(2)14-7-4-12(17)5-8-14/h3,6,9-10,12,14H,4-5,7-8,17H2,1-2H3,(H,19,24). The quantitative estimate of drug-likeness (QED) is 0.892. The van der Waals surface area contributed by atoms with E-state index in [2.05, 4.69) is 20.8 Å². The zero-order valence-corrected chi connectivity index (χ0v) is 14.0. The number of benzene rings is 1. The number of aromatic nitrogens is 4. The van der Waals surface area contributed by atoms with Crippen molar-refractivity contribution in [2.45, 2.75) is 44.7 Å². The van der Waals surface area contributed by atoms with Crippen LogP contribution in [0.3, 0.4) is 0 Å². The number of nitrogens with two attached hydrogens (primary N) is 1. The van der Waals surface area contributed by atoms with Crippen molar-refractivity contribution in [3.05, 3.63) is 30.1 Å². The zero-order chi connectivity index (χ0) is 17.1. The minimum absolute atomic E-state index is 0.109. The Morgan fingerprint density at radius 3 is 2.75 bits per heavy atom. The number of amides is 2. The summed E-state index contributed by atoms with van der Waals surface area (Å²) < 4.78 is 1.58. The van der Waals surface area contributed by atoms with Gasteiger partial charge in [-0.3, -0.25) is 0 Å². The Balaban J connectivity index is 1.69. The normalized spacial score (nSPS) is 20.6. The summed E-state index contributed by atoms with van der Waals surface area (Å²) in [5, 5.41) is 14.2. The number of aryl methyl sites for hydroxylation is 1. The van der Waals surface area contributed by atoms with E-state index in [4.69, 9.17) is 5.73 Å². The number of hydrogen-bond donors (Lipinski definition) is 2. The first-order chi connectivity index (χ1) is 11.5. The number of urea groups is 1. The molecule has 1 fully saturated rings. The molecule has 0 bridgehead atoms. The van der Waals surface area contributed by atoms with Gasteiger partial charge in [-0.25, -0.2) is 9.48 Å². The molecule has 1 saturated carbocycles. The fourth-order valence-electron chi connectivity index (χ4n) is 3.07. The highest BCUT2D eigenvalue weighted by Gasteiger charge is 2.25. The average molecular weight is 329 g/mol. The monoisotopic (exact) mass is 329 g/mol. The molecule has 0 atom stereocenters. The fourth-order valence-corrected chi connectivity index (χ4v) is 3.07. The zero-order valence-electron chi connectivity index (χ0n) is 14.0. The molecule has 2 aromatic rings. The number of tetrazole rings is 1. The number of carbonyl (C=O) groups is 1. The molecule has 1 heterocycles. The van der Waals surface area contributed by atoms with Crippen LogP contribution in [0.25, 0.3) is 5.69 Å². The molecule has 1 aromatic carbocycles. The minimum atomic E-state index is -0.109. The predicted molar refractivity (Wildman–Crippen MR) is 90.9 cm³/mol. The highest BCUT2D eigenvalue weighted by atomic mass is 16.2. The number of carbonyl (C=O) groups excluding carboxylic acids is 1. The molecule has 0 spiro atoms. The van der Waals surface area contributed by atoms with Crippen LogP contribution in [0, 0.1) is 6.92 Å². The van der Waals surface area contributed by atoms with Crippen LogP contribution in [0.5, 0.6) is 0 Å². The summed E-state index contributed by atoms with van der Waals surface area (Å²) in [6.45, 7) is 1.97. The van der Waals surface area contributed by atoms with Gasteiger partial charge in [0.25, 0.3) is 0 Å². The Kier molecular flexibility index (Phi) is 4.75. The van der Waals surface area contributed by atoms with Crippen LogP contribution in [0.2, 0.25) is 0 Å². The maximum atomic E-state index is 12.5. The Labute approximate surface area is 141 Å². The van der Waals surface area contributed by atoms with Crippen molar-refractivity contribution in [2.75, 3.05) is 12.4 Å². The molecule has 8 nitrogen and oxygen atoms in total. The molecule has 0 aliphatic heterocycles. The third-order valence-corrected chi connectivity index (χ3v) is 4.67. The Morgan fingerprint density at radius 2 is 2.08 bits per heavy atom. The van der Waals surface area contributed by atoms with Gasteiger partial charge in [0.05, 0.1) is 5.69 Å². The second-order valence-electron chi connectivity index (χ2n) is 6.37. The minimum Gasteiger partial charge on any atom is -0.328 e. The Morgan fingerprint density at radius 1 is 1.33 bits per heavy atom. The number of nitrogens with zero attached hydrogens (tertiary/aromatic N) is 5. The van der Waals surface area contributed by atoms with Gasteiger partial charge < -0.3 is 16.0 Å². The van der Waals surface area contributed by atoms with E-state index in [0.717, 1.165) is 42.6 Å². The molecule has 3 N–H and O–H groups in total. The van der Waals surface area contributed by atoms with Gasteiger partial charge in [-0.1, -0.05) is 6.07 Å². The van der Waals surface area contributed by atoms with E-state index in [1.54, 1.807) is 9.58 Å². The van der Waals surface area contributed by atoms with Gasteiger partial charge >= 0.3 is 6.03 Å². The molecule has 2 amide bonds. The average Bonchev–Trinajstić information content (AvgIpc) is 3.11. The van der Waals surface area contributed by atoms with Gasteiger partial charge in [-0.05, 0) is 60.7 Å². The maximum absolute atomic E-state index is 12.5. The van der Waals surface area contributed by atoms with Gasteiger partial charge in [0.1, 0.15) is 6.33 Å². The topological polar surface area (TPSA) is 102 Å². The molecular formula is C16H23N7O. The maximum Gasteiger partial charge on any atom is 0.321 e. The van der Waals surface area contributed by atoms with Crippen molar-refractivity contribution >= 4 is 11.7 Å². The van der Waals surface area contributed by atoms with Gasteiger partial charge in [-0.2, -0.15) is 0 Å². The van der Waals surface area contributed by atoms with Gasteiger partial charge in [0.15, 0.2) is 0 Å². The lowest BCUT2D eigenvalue weighted by Crippen LogP contribution is -2.43. The number of hydrogen-bond acceptors (Lipinski definition) is 5. The van der Waals surface area contributed by atoms with Crippen LogP contribution < -0.4 is 11.1 Å². The number of anilines is 1. The second-order valence-corrected chi connectivity index (χ2v) is 6.37. The van der Waals surface area contributed by atoms with Crippen molar-refractivity contribution in [1.82, 2.24) is 25.1 Å². The molecule has 1 aliphatic rings. The summed E-state index contributed by atoms with van der Waals surface area (Å²) in [5.41, 5.74) is 8.51. The Bertz CT molecular complexity index is 692. The summed E-state index contributed by atoms with van der Waals surface area (Å²) in [4.78, 5) is 14.3. The van der Waals surface area contributed by atoms with Crippen molar-refractivity contribution in [2.24, 2.45) is 5.73 Å². The van der Waals surface area contributed by atoms with E-state index in [1.165, 1.54) is 6.33 Å². The smallest absolute Gasteiger partial charge is 0.321 e. The third-order valence-electron chi connectivity index (χ3n) is 4.67. The van der Waals surface area contributed by atoms with E-state index in [-0.39, 0.29) is 18.1 Å². The number of nitrogens with one attached hydrogen (secondary N) is 1. The highest BCUT2D eigenvalue weighted by Crippen LogP contribution is 2.23. The van der Waals surface area contributed by atoms with Crippen molar-refractivity contribution in [3.8, 4) is 5.69 Å². The molecule has 1 aromatic heterocycles.